The summed E-state index contributed by atoms with van der Waals surface area (Å²) in [6.45, 7) is 3.62. The summed E-state index contributed by atoms with van der Waals surface area (Å²) in [5.74, 6) is -0.328. The summed E-state index contributed by atoms with van der Waals surface area (Å²) in [7, 11) is -3.68. The van der Waals surface area contributed by atoms with Gasteiger partial charge in [-0.1, -0.05) is 23.7 Å². The van der Waals surface area contributed by atoms with E-state index < -0.39 is 27.4 Å². The zero-order valence-corrected chi connectivity index (χ0v) is 19.7. The minimum Gasteiger partial charge on any atom is -0.494 e. The number of anilines is 1. The normalized spacial score (nSPS) is 19.6. The molecule has 3 rings (SSSR count). The van der Waals surface area contributed by atoms with Crippen LogP contribution in [0.2, 0.25) is 5.02 Å². The predicted octanol–water partition coefficient (Wildman–Crippen LogP) is 2.42. The van der Waals surface area contributed by atoms with Gasteiger partial charge in [-0.3, -0.25) is 14.5 Å². The number of amides is 2. The number of hydrogen-bond acceptors (Lipinski definition) is 5. The molecule has 1 heterocycles. The smallest absolute Gasteiger partial charge is 0.247 e. The monoisotopic (exact) mass is 479 g/mol. The molecule has 1 aliphatic heterocycles. The highest BCUT2D eigenvalue weighted by atomic mass is 35.5. The fourth-order valence-corrected chi connectivity index (χ4v) is 4.59. The lowest BCUT2D eigenvalue weighted by molar-refractivity contribution is -0.133. The van der Waals surface area contributed by atoms with E-state index in [0.717, 1.165) is 16.1 Å². The van der Waals surface area contributed by atoms with E-state index in [1.165, 1.54) is 4.90 Å². The molecule has 32 heavy (non-hydrogen) atoms. The van der Waals surface area contributed by atoms with Crippen molar-refractivity contribution in [2.45, 2.75) is 25.9 Å². The molecule has 2 aromatic carbocycles. The molecule has 0 saturated carbocycles. The van der Waals surface area contributed by atoms with Crippen molar-refractivity contribution >= 4 is 39.1 Å². The standard InChI is InChI=1S/C22H26ClN3O5S/c1-4-31-19-11-9-18(10-12-19)26-20(27)14-25(32(3,29)30)15-22(26,2)21(28)24-13-16-5-7-17(23)8-6-16/h5-12H,4,13-15H2,1-3H3,(H,24,28). The van der Waals surface area contributed by atoms with Crippen LogP contribution in [0.15, 0.2) is 48.5 Å². The third-order valence-corrected chi connectivity index (χ3v) is 6.72. The minimum absolute atomic E-state index is 0.169. The van der Waals surface area contributed by atoms with Crippen LogP contribution in [0.3, 0.4) is 0 Å². The lowest BCUT2D eigenvalue weighted by atomic mass is 9.94. The molecule has 0 radical (unpaired) electrons. The summed E-state index contributed by atoms with van der Waals surface area (Å²) in [6, 6.07) is 13.8. The van der Waals surface area contributed by atoms with Crippen molar-refractivity contribution in [3.8, 4) is 5.75 Å². The molecular formula is C22H26ClN3O5S. The molecule has 1 fully saturated rings. The lowest BCUT2D eigenvalue weighted by Gasteiger charge is -2.46. The zero-order chi connectivity index (χ0) is 23.5. The molecule has 0 spiro atoms. The van der Waals surface area contributed by atoms with Gasteiger partial charge in [0.05, 0.1) is 19.4 Å². The molecule has 1 atom stereocenters. The number of hydrogen-bond donors (Lipinski definition) is 1. The van der Waals surface area contributed by atoms with Gasteiger partial charge in [0.1, 0.15) is 11.3 Å². The molecule has 1 unspecified atom stereocenters. The Morgan fingerprint density at radius 1 is 1.16 bits per heavy atom. The Bertz CT molecular complexity index is 1090. The number of ether oxygens (including phenoxy) is 1. The zero-order valence-electron chi connectivity index (χ0n) is 18.2. The van der Waals surface area contributed by atoms with Crippen LogP contribution >= 0.6 is 11.6 Å². The van der Waals surface area contributed by atoms with E-state index in [1.807, 2.05) is 6.92 Å². The molecule has 2 amide bonds. The first-order valence-corrected chi connectivity index (χ1v) is 12.3. The van der Waals surface area contributed by atoms with Gasteiger partial charge in [0, 0.05) is 23.8 Å². The Morgan fingerprint density at radius 3 is 2.34 bits per heavy atom. The molecule has 0 aliphatic carbocycles. The molecular weight excluding hydrogens is 454 g/mol. The molecule has 2 aromatic rings. The van der Waals surface area contributed by atoms with E-state index >= 15 is 0 Å². The summed E-state index contributed by atoms with van der Waals surface area (Å²) in [5.41, 5.74) is -0.158. The number of carbonyl (C=O) groups excluding carboxylic acids is 2. The van der Waals surface area contributed by atoms with Gasteiger partial charge in [-0.25, -0.2) is 8.42 Å². The second kappa shape index (κ2) is 9.48. The van der Waals surface area contributed by atoms with Gasteiger partial charge < -0.3 is 10.1 Å². The van der Waals surface area contributed by atoms with Crippen molar-refractivity contribution in [2.24, 2.45) is 0 Å². The largest absolute Gasteiger partial charge is 0.494 e. The predicted molar refractivity (Wildman–Crippen MR) is 123 cm³/mol. The van der Waals surface area contributed by atoms with E-state index in [0.29, 0.717) is 23.1 Å². The van der Waals surface area contributed by atoms with Crippen LogP contribution in [0.25, 0.3) is 0 Å². The number of rotatable bonds is 7. The highest BCUT2D eigenvalue weighted by molar-refractivity contribution is 7.88. The van der Waals surface area contributed by atoms with Crippen molar-refractivity contribution in [1.29, 1.82) is 0 Å². The average molecular weight is 480 g/mol. The fraction of sp³-hybridized carbons (Fsp3) is 0.364. The van der Waals surface area contributed by atoms with Crippen LogP contribution in [-0.2, 0) is 26.2 Å². The molecule has 10 heteroatoms. The van der Waals surface area contributed by atoms with Gasteiger partial charge in [-0.05, 0) is 55.8 Å². The van der Waals surface area contributed by atoms with Gasteiger partial charge in [0.2, 0.25) is 21.8 Å². The summed E-state index contributed by atoms with van der Waals surface area (Å²) < 4.78 is 30.9. The minimum atomic E-state index is -3.68. The maximum atomic E-state index is 13.4. The fourth-order valence-electron chi connectivity index (χ4n) is 3.64. The van der Waals surface area contributed by atoms with E-state index in [4.69, 9.17) is 16.3 Å². The molecule has 1 saturated heterocycles. The number of nitrogens with one attached hydrogen (secondary N) is 1. The van der Waals surface area contributed by atoms with Gasteiger partial charge in [-0.2, -0.15) is 4.31 Å². The van der Waals surface area contributed by atoms with E-state index in [9.17, 15) is 18.0 Å². The van der Waals surface area contributed by atoms with Crippen LogP contribution in [-0.4, -0.2) is 56.0 Å². The maximum Gasteiger partial charge on any atom is 0.247 e. The molecule has 0 aromatic heterocycles. The Labute approximate surface area is 193 Å². The third-order valence-electron chi connectivity index (χ3n) is 5.27. The number of halogens is 1. The molecule has 172 valence electrons. The van der Waals surface area contributed by atoms with E-state index in [1.54, 1.807) is 55.5 Å². The van der Waals surface area contributed by atoms with Gasteiger partial charge in [-0.15, -0.1) is 0 Å². The Hall–Kier alpha value is -2.62. The first kappa shape index (κ1) is 24.0. The first-order valence-electron chi connectivity index (χ1n) is 10.1. The van der Waals surface area contributed by atoms with E-state index in [-0.39, 0.29) is 19.6 Å². The number of benzene rings is 2. The highest BCUT2D eigenvalue weighted by Gasteiger charge is 2.50. The van der Waals surface area contributed by atoms with Crippen molar-refractivity contribution in [2.75, 3.05) is 30.9 Å². The Kier molecular flexibility index (Phi) is 7.12. The Balaban J connectivity index is 1.92. The van der Waals surface area contributed by atoms with Crippen LogP contribution < -0.4 is 15.0 Å². The number of carbonyl (C=O) groups is 2. The van der Waals surface area contributed by atoms with Crippen LogP contribution in [0.4, 0.5) is 5.69 Å². The highest BCUT2D eigenvalue weighted by Crippen LogP contribution is 2.31. The molecule has 0 bridgehead atoms. The summed E-state index contributed by atoms with van der Waals surface area (Å²) in [6.07, 6.45) is 1.03. The number of nitrogens with zero attached hydrogens (tertiary/aromatic N) is 2. The lowest BCUT2D eigenvalue weighted by Crippen LogP contribution is -2.70. The summed E-state index contributed by atoms with van der Waals surface area (Å²) in [5, 5.41) is 3.41. The van der Waals surface area contributed by atoms with Crippen molar-refractivity contribution < 1.29 is 22.7 Å². The number of piperazine rings is 1. The van der Waals surface area contributed by atoms with Crippen molar-refractivity contribution in [3.05, 3.63) is 59.1 Å². The van der Waals surface area contributed by atoms with E-state index in [2.05, 4.69) is 5.32 Å². The number of sulfonamides is 1. The summed E-state index contributed by atoms with van der Waals surface area (Å²) >= 11 is 5.91. The quantitative estimate of drug-likeness (QED) is 0.658. The van der Waals surface area contributed by atoms with Crippen molar-refractivity contribution in [1.82, 2.24) is 9.62 Å². The summed E-state index contributed by atoms with van der Waals surface area (Å²) in [4.78, 5) is 27.8. The van der Waals surface area contributed by atoms with Gasteiger partial charge in [0.25, 0.3) is 0 Å². The second-order valence-electron chi connectivity index (χ2n) is 7.77. The molecule has 1 aliphatic rings. The average Bonchev–Trinajstić information content (AvgIpc) is 2.73. The Morgan fingerprint density at radius 2 is 1.78 bits per heavy atom. The second-order valence-corrected chi connectivity index (χ2v) is 10.2. The van der Waals surface area contributed by atoms with Gasteiger partial charge in [0.15, 0.2) is 0 Å². The third kappa shape index (κ3) is 5.23. The van der Waals surface area contributed by atoms with Crippen LogP contribution in [0.1, 0.15) is 19.4 Å². The molecule has 8 nitrogen and oxygen atoms in total. The first-order chi connectivity index (χ1) is 15.0. The van der Waals surface area contributed by atoms with Crippen LogP contribution in [0, 0.1) is 0 Å². The topological polar surface area (TPSA) is 96.0 Å². The van der Waals surface area contributed by atoms with Crippen molar-refractivity contribution in [3.63, 3.8) is 0 Å². The SMILES string of the molecule is CCOc1ccc(N2C(=O)CN(S(C)(=O)=O)CC2(C)C(=O)NCc2ccc(Cl)cc2)cc1. The van der Waals surface area contributed by atoms with Gasteiger partial charge >= 0.3 is 0 Å². The van der Waals surface area contributed by atoms with Crippen LogP contribution in [0.5, 0.6) is 5.75 Å². The maximum absolute atomic E-state index is 13.4. The molecule has 1 N–H and O–H groups in total.